The first-order valence-corrected chi connectivity index (χ1v) is 7.28. The molecule has 1 aromatic carbocycles. The predicted molar refractivity (Wildman–Crippen MR) is 78.8 cm³/mol. The first kappa shape index (κ1) is 12.7. The summed E-state index contributed by atoms with van der Waals surface area (Å²) in [5.41, 5.74) is 6.70. The lowest BCUT2D eigenvalue weighted by atomic mass is 10.00. The Morgan fingerprint density at radius 2 is 2.21 bits per heavy atom. The number of nitrogens with zero attached hydrogens (tertiary/aromatic N) is 1. The van der Waals surface area contributed by atoms with Crippen molar-refractivity contribution in [2.24, 2.45) is 5.84 Å². The van der Waals surface area contributed by atoms with Crippen LogP contribution < -0.4 is 11.3 Å². The van der Waals surface area contributed by atoms with Crippen LogP contribution in [0.3, 0.4) is 0 Å². The van der Waals surface area contributed by atoms with E-state index in [9.17, 15) is 0 Å². The average Bonchev–Trinajstić information content (AvgIpc) is 2.83. The van der Waals surface area contributed by atoms with Crippen LogP contribution in [0.4, 0.5) is 0 Å². The fourth-order valence-corrected chi connectivity index (χ4v) is 3.98. The lowest BCUT2D eigenvalue weighted by Gasteiger charge is -2.22. The Morgan fingerprint density at radius 3 is 2.95 bits per heavy atom. The molecule has 1 aliphatic heterocycles. The van der Waals surface area contributed by atoms with Crippen molar-refractivity contribution < 1.29 is 0 Å². The summed E-state index contributed by atoms with van der Waals surface area (Å²) >= 11 is 1.90. The Morgan fingerprint density at radius 1 is 1.37 bits per heavy atom. The van der Waals surface area contributed by atoms with Crippen molar-refractivity contribution in [1.82, 2.24) is 10.4 Å². The number of pyridine rings is 1. The number of thioether (sulfide) groups is 1. The van der Waals surface area contributed by atoms with Crippen LogP contribution in [0.5, 0.6) is 0 Å². The number of fused-ring (bicyclic) bond motifs is 1. The minimum atomic E-state index is 0.129. The number of benzene rings is 1. The molecule has 2 atom stereocenters. The second-order valence-electron chi connectivity index (χ2n) is 4.91. The molecule has 3 rings (SSSR count). The standard InChI is InChI=1S/C15H17N3S/c1-10-6-12(9-17-8-10)15(18-16)14-7-11-4-2-3-5-13(11)19-14/h2-6,8-9,14-15,18H,7,16H2,1H3. The summed E-state index contributed by atoms with van der Waals surface area (Å²) in [6.45, 7) is 2.06. The molecule has 2 aromatic rings. The molecule has 0 radical (unpaired) electrons. The third-order valence-corrected chi connectivity index (χ3v) is 4.87. The van der Waals surface area contributed by atoms with E-state index in [2.05, 4.69) is 47.7 Å². The van der Waals surface area contributed by atoms with E-state index in [-0.39, 0.29) is 6.04 Å². The van der Waals surface area contributed by atoms with Crippen LogP contribution in [-0.4, -0.2) is 10.2 Å². The summed E-state index contributed by atoms with van der Waals surface area (Å²) in [5.74, 6) is 5.78. The third-order valence-electron chi connectivity index (χ3n) is 3.48. The summed E-state index contributed by atoms with van der Waals surface area (Å²) in [4.78, 5) is 5.64. The zero-order valence-electron chi connectivity index (χ0n) is 10.8. The quantitative estimate of drug-likeness (QED) is 0.665. The molecular formula is C15H17N3S. The van der Waals surface area contributed by atoms with E-state index in [1.54, 1.807) is 0 Å². The van der Waals surface area contributed by atoms with E-state index in [0.29, 0.717) is 5.25 Å². The summed E-state index contributed by atoms with van der Waals surface area (Å²) < 4.78 is 0. The van der Waals surface area contributed by atoms with Gasteiger partial charge < -0.3 is 0 Å². The molecular weight excluding hydrogens is 254 g/mol. The Labute approximate surface area is 117 Å². The van der Waals surface area contributed by atoms with Crippen LogP contribution in [0, 0.1) is 6.92 Å². The molecule has 2 heterocycles. The van der Waals surface area contributed by atoms with Gasteiger partial charge in [0.25, 0.3) is 0 Å². The molecule has 0 aliphatic carbocycles. The summed E-state index contributed by atoms with van der Waals surface area (Å²) in [6, 6.07) is 10.9. The van der Waals surface area contributed by atoms with Crippen molar-refractivity contribution in [3.05, 3.63) is 59.4 Å². The highest BCUT2D eigenvalue weighted by Crippen LogP contribution is 2.42. The highest BCUT2D eigenvalue weighted by molar-refractivity contribution is 8.00. The van der Waals surface area contributed by atoms with Crippen LogP contribution in [0.25, 0.3) is 0 Å². The normalized spacial score (nSPS) is 19.2. The average molecular weight is 271 g/mol. The van der Waals surface area contributed by atoms with Gasteiger partial charge in [-0.1, -0.05) is 24.3 Å². The van der Waals surface area contributed by atoms with E-state index in [0.717, 1.165) is 12.0 Å². The summed E-state index contributed by atoms with van der Waals surface area (Å²) in [7, 11) is 0. The van der Waals surface area contributed by atoms with Crippen LogP contribution in [0.2, 0.25) is 0 Å². The first-order chi connectivity index (χ1) is 9.28. The molecule has 1 aromatic heterocycles. The van der Waals surface area contributed by atoms with Crippen molar-refractivity contribution in [3.8, 4) is 0 Å². The van der Waals surface area contributed by atoms with Gasteiger partial charge in [0.2, 0.25) is 0 Å². The van der Waals surface area contributed by atoms with Crippen molar-refractivity contribution in [2.75, 3.05) is 0 Å². The van der Waals surface area contributed by atoms with Gasteiger partial charge in [-0.2, -0.15) is 0 Å². The molecule has 0 saturated carbocycles. The number of hydrogen-bond acceptors (Lipinski definition) is 4. The number of hydrogen-bond donors (Lipinski definition) is 2. The smallest absolute Gasteiger partial charge is 0.0600 e. The molecule has 0 spiro atoms. The van der Waals surface area contributed by atoms with Gasteiger partial charge in [0.1, 0.15) is 0 Å². The highest BCUT2D eigenvalue weighted by atomic mass is 32.2. The molecule has 3 N–H and O–H groups in total. The number of aromatic nitrogens is 1. The van der Waals surface area contributed by atoms with Gasteiger partial charge in [-0.15, -0.1) is 11.8 Å². The topological polar surface area (TPSA) is 50.9 Å². The molecule has 0 amide bonds. The molecule has 0 fully saturated rings. The summed E-state index contributed by atoms with van der Waals surface area (Å²) in [5, 5.41) is 0.422. The molecule has 98 valence electrons. The largest absolute Gasteiger partial charge is 0.271 e. The number of rotatable bonds is 3. The fraction of sp³-hybridized carbons (Fsp3) is 0.267. The maximum atomic E-state index is 5.78. The number of nitrogens with one attached hydrogen (secondary N) is 1. The van der Waals surface area contributed by atoms with E-state index >= 15 is 0 Å². The minimum Gasteiger partial charge on any atom is -0.271 e. The second kappa shape index (κ2) is 5.33. The van der Waals surface area contributed by atoms with Crippen molar-refractivity contribution in [3.63, 3.8) is 0 Å². The third kappa shape index (κ3) is 2.52. The number of nitrogens with two attached hydrogens (primary N) is 1. The van der Waals surface area contributed by atoms with Crippen LogP contribution >= 0.6 is 11.8 Å². The Kier molecular flexibility index (Phi) is 3.55. The second-order valence-corrected chi connectivity index (χ2v) is 6.19. The van der Waals surface area contributed by atoms with Gasteiger partial charge in [0.05, 0.1) is 6.04 Å². The minimum absolute atomic E-state index is 0.129. The monoisotopic (exact) mass is 271 g/mol. The van der Waals surface area contributed by atoms with Crippen LogP contribution in [0.15, 0.2) is 47.6 Å². The van der Waals surface area contributed by atoms with Crippen molar-refractivity contribution in [1.29, 1.82) is 0 Å². The van der Waals surface area contributed by atoms with E-state index < -0.39 is 0 Å². The van der Waals surface area contributed by atoms with Crippen molar-refractivity contribution >= 4 is 11.8 Å². The molecule has 2 unspecified atom stereocenters. The van der Waals surface area contributed by atoms with Gasteiger partial charge in [-0.25, -0.2) is 0 Å². The van der Waals surface area contributed by atoms with Crippen LogP contribution in [-0.2, 0) is 6.42 Å². The molecule has 1 aliphatic rings. The fourth-order valence-electron chi connectivity index (χ4n) is 2.56. The number of aryl methyl sites for hydroxylation is 1. The molecule has 4 heteroatoms. The highest BCUT2D eigenvalue weighted by Gasteiger charge is 2.29. The maximum Gasteiger partial charge on any atom is 0.0600 e. The van der Waals surface area contributed by atoms with Crippen molar-refractivity contribution in [2.45, 2.75) is 29.5 Å². The maximum absolute atomic E-state index is 5.78. The van der Waals surface area contributed by atoms with Gasteiger partial charge in [0.15, 0.2) is 0 Å². The molecule has 0 bridgehead atoms. The Bertz CT molecular complexity index is 560. The van der Waals surface area contributed by atoms with E-state index in [1.807, 2.05) is 24.2 Å². The Hall–Kier alpha value is -1.36. The molecule has 3 nitrogen and oxygen atoms in total. The Balaban J connectivity index is 1.86. The molecule has 19 heavy (non-hydrogen) atoms. The van der Waals surface area contributed by atoms with E-state index in [1.165, 1.54) is 16.0 Å². The van der Waals surface area contributed by atoms with E-state index in [4.69, 9.17) is 5.84 Å². The lowest BCUT2D eigenvalue weighted by Crippen LogP contribution is -2.35. The zero-order valence-corrected chi connectivity index (χ0v) is 11.7. The zero-order chi connectivity index (χ0) is 13.2. The van der Waals surface area contributed by atoms with Gasteiger partial charge in [-0.05, 0) is 36.1 Å². The van der Waals surface area contributed by atoms with Gasteiger partial charge in [-0.3, -0.25) is 16.3 Å². The SMILES string of the molecule is Cc1cncc(C(NN)C2Cc3ccccc3S2)c1. The predicted octanol–water partition coefficient (Wildman–Crippen LogP) is 2.61. The summed E-state index contributed by atoms with van der Waals surface area (Å²) in [6.07, 6.45) is 4.82. The number of hydrazine groups is 1. The van der Waals surface area contributed by atoms with Gasteiger partial charge >= 0.3 is 0 Å². The van der Waals surface area contributed by atoms with Crippen LogP contribution in [0.1, 0.15) is 22.7 Å². The van der Waals surface area contributed by atoms with Gasteiger partial charge in [0, 0.05) is 22.5 Å². The molecule has 0 saturated heterocycles. The first-order valence-electron chi connectivity index (χ1n) is 6.40. The lowest BCUT2D eigenvalue weighted by molar-refractivity contribution is 0.531.